The van der Waals surface area contributed by atoms with Gasteiger partial charge in [0.25, 0.3) is 5.56 Å². The van der Waals surface area contributed by atoms with E-state index < -0.39 is 12.2 Å². The average Bonchev–Trinajstić information content (AvgIpc) is 3.08. The summed E-state index contributed by atoms with van der Waals surface area (Å²) in [5.74, 6) is 0.0496. The van der Waals surface area contributed by atoms with Crippen molar-refractivity contribution in [3.63, 3.8) is 0 Å². The number of aromatic nitrogens is 1. The highest BCUT2D eigenvalue weighted by molar-refractivity contribution is 5.95. The van der Waals surface area contributed by atoms with Crippen LogP contribution in [0.1, 0.15) is 5.56 Å². The molecular weight excluding hydrogens is 312 g/mol. The maximum atomic E-state index is 12.5. The highest BCUT2D eigenvalue weighted by Gasteiger charge is 2.19. The van der Waals surface area contributed by atoms with Crippen LogP contribution < -0.4 is 16.0 Å². The van der Waals surface area contributed by atoms with E-state index in [1.165, 1.54) is 18.2 Å². The van der Waals surface area contributed by atoms with Crippen LogP contribution in [-0.4, -0.2) is 37.1 Å². The van der Waals surface area contributed by atoms with E-state index >= 15 is 0 Å². The Balaban J connectivity index is 2.15. The number of carbonyl (C=O) groups is 1. The van der Waals surface area contributed by atoms with Crippen LogP contribution in [0.25, 0.3) is 17.0 Å². The fourth-order valence-corrected chi connectivity index (χ4v) is 2.67. The molecule has 7 heteroatoms. The molecule has 1 saturated heterocycles. The summed E-state index contributed by atoms with van der Waals surface area (Å²) in [6.07, 6.45) is 2.31. The summed E-state index contributed by atoms with van der Waals surface area (Å²) in [6.45, 7) is 1.31. The first kappa shape index (κ1) is 16.2. The molecule has 0 bridgehead atoms. The topological polar surface area (TPSA) is 92.8 Å². The van der Waals surface area contributed by atoms with E-state index in [4.69, 9.17) is 19.9 Å². The second-order valence-corrected chi connectivity index (χ2v) is 5.34. The van der Waals surface area contributed by atoms with Crippen molar-refractivity contribution < 1.29 is 19.0 Å². The molecule has 2 N–H and O–H groups in total. The molecule has 0 atom stereocenters. The number of ether oxygens (including phenoxy) is 3. The van der Waals surface area contributed by atoms with Gasteiger partial charge in [-0.1, -0.05) is 0 Å². The molecular formula is C17H18N2O5. The third kappa shape index (κ3) is 3.32. The molecule has 1 aliphatic heterocycles. The summed E-state index contributed by atoms with van der Waals surface area (Å²) in [5.41, 5.74) is 6.20. The van der Waals surface area contributed by atoms with Crippen LogP contribution in [-0.2, 0) is 20.8 Å². The summed E-state index contributed by atoms with van der Waals surface area (Å²) in [6, 6.07) is 6.86. The minimum Gasteiger partial charge on any atom is -0.497 e. The lowest BCUT2D eigenvalue weighted by molar-refractivity contribution is -0.113. The number of methoxy groups -OCH3 is 1. The fraction of sp³-hybridized carbons (Fsp3) is 0.294. The fourth-order valence-electron chi connectivity index (χ4n) is 2.67. The van der Waals surface area contributed by atoms with E-state index in [2.05, 4.69) is 0 Å². The number of primary amides is 1. The molecule has 1 aromatic heterocycles. The molecule has 2 heterocycles. The molecule has 7 nitrogen and oxygen atoms in total. The molecule has 1 amide bonds. The molecule has 126 valence electrons. The van der Waals surface area contributed by atoms with Crippen molar-refractivity contribution in [2.45, 2.75) is 12.8 Å². The van der Waals surface area contributed by atoms with Gasteiger partial charge in [0.15, 0.2) is 6.29 Å². The van der Waals surface area contributed by atoms with Crippen molar-refractivity contribution in [2.75, 3.05) is 20.3 Å². The van der Waals surface area contributed by atoms with Crippen LogP contribution in [0.15, 0.2) is 35.1 Å². The number of nitrogens with zero attached hydrogens (tertiary/aromatic N) is 1. The second kappa shape index (κ2) is 6.86. The van der Waals surface area contributed by atoms with E-state index in [1.54, 1.807) is 23.8 Å². The molecule has 1 aliphatic rings. The van der Waals surface area contributed by atoms with Crippen molar-refractivity contribution in [1.29, 1.82) is 0 Å². The maximum absolute atomic E-state index is 12.5. The third-order valence-electron chi connectivity index (χ3n) is 3.80. The molecule has 0 aliphatic carbocycles. The Morgan fingerprint density at radius 3 is 2.79 bits per heavy atom. The lowest BCUT2D eigenvalue weighted by Gasteiger charge is -2.16. The first-order chi connectivity index (χ1) is 11.6. The quantitative estimate of drug-likeness (QED) is 0.822. The van der Waals surface area contributed by atoms with Crippen molar-refractivity contribution >= 4 is 22.9 Å². The monoisotopic (exact) mass is 330 g/mol. The van der Waals surface area contributed by atoms with Gasteiger partial charge in [0, 0.05) is 23.6 Å². The maximum Gasteiger partial charge on any atom is 0.251 e. The smallest absolute Gasteiger partial charge is 0.251 e. The Morgan fingerprint density at radius 2 is 2.12 bits per heavy atom. The van der Waals surface area contributed by atoms with Gasteiger partial charge in [-0.05, 0) is 23.8 Å². The minimum atomic E-state index is -0.575. The normalized spacial score (nSPS) is 15.4. The standard InChI is InChI=1S/C17H18N2O5/c1-22-12-3-4-13-11(2-5-15(18)20)8-16(21)19(14(13)9-12)10-17-23-6-7-24-17/h2-5,8-9,17H,6-7,10H2,1H3,(H2,18,20). The third-order valence-corrected chi connectivity index (χ3v) is 3.80. The van der Waals surface area contributed by atoms with Gasteiger partial charge in [-0.2, -0.15) is 0 Å². The predicted molar refractivity (Wildman–Crippen MR) is 88.7 cm³/mol. The van der Waals surface area contributed by atoms with Gasteiger partial charge in [-0.25, -0.2) is 0 Å². The zero-order chi connectivity index (χ0) is 17.1. The van der Waals surface area contributed by atoms with Crippen LogP contribution >= 0.6 is 0 Å². The van der Waals surface area contributed by atoms with E-state index in [1.807, 2.05) is 6.07 Å². The molecule has 1 aromatic carbocycles. The van der Waals surface area contributed by atoms with Crippen molar-refractivity contribution in [3.8, 4) is 5.75 Å². The predicted octanol–water partition coefficient (Wildman–Crippen LogP) is 0.881. The van der Waals surface area contributed by atoms with Gasteiger partial charge >= 0.3 is 0 Å². The van der Waals surface area contributed by atoms with Crippen LogP contribution in [0.5, 0.6) is 5.75 Å². The molecule has 2 aromatic rings. The summed E-state index contributed by atoms with van der Waals surface area (Å²) < 4.78 is 17.7. The van der Waals surface area contributed by atoms with Gasteiger partial charge in [-0.3, -0.25) is 9.59 Å². The Morgan fingerprint density at radius 1 is 1.38 bits per heavy atom. The van der Waals surface area contributed by atoms with Crippen molar-refractivity contribution in [1.82, 2.24) is 4.57 Å². The van der Waals surface area contributed by atoms with E-state index in [9.17, 15) is 9.59 Å². The molecule has 0 unspecified atom stereocenters. The van der Waals surface area contributed by atoms with Crippen LogP contribution in [0.4, 0.5) is 0 Å². The number of amides is 1. The van der Waals surface area contributed by atoms with Gasteiger partial charge in [0.05, 0.1) is 32.4 Å². The first-order valence-corrected chi connectivity index (χ1v) is 7.51. The summed E-state index contributed by atoms with van der Waals surface area (Å²) in [4.78, 5) is 23.5. The van der Waals surface area contributed by atoms with Crippen LogP contribution in [0.2, 0.25) is 0 Å². The lowest BCUT2D eigenvalue weighted by atomic mass is 10.1. The molecule has 0 spiro atoms. The van der Waals surface area contributed by atoms with E-state index in [0.29, 0.717) is 30.0 Å². The first-order valence-electron chi connectivity index (χ1n) is 7.51. The Kier molecular flexibility index (Phi) is 4.64. The Hall–Kier alpha value is -2.64. The summed E-state index contributed by atoms with van der Waals surface area (Å²) in [7, 11) is 1.56. The second-order valence-electron chi connectivity index (χ2n) is 5.34. The average molecular weight is 330 g/mol. The highest BCUT2D eigenvalue weighted by atomic mass is 16.7. The zero-order valence-corrected chi connectivity index (χ0v) is 13.2. The van der Waals surface area contributed by atoms with Gasteiger partial charge in [0.1, 0.15) is 5.75 Å². The van der Waals surface area contributed by atoms with Gasteiger partial charge in [-0.15, -0.1) is 0 Å². The molecule has 3 rings (SSSR count). The van der Waals surface area contributed by atoms with Gasteiger partial charge < -0.3 is 24.5 Å². The van der Waals surface area contributed by atoms with E-state index in [0.717, 1.165) is 5.39 Å². The number of rotatable bonds is 5. The van der Waals surface area contributed by atoms with Crippen molar-refractivity contribution in [3.05, 3.63) is 46.3 Å². The van der Waals surface area contributed by atoms with Crippen LogP contribution in [0.3, 0.4) is 0 Å². The zero-order valence-electron chi connectivity index (χ0n) is 13.2. The Labute approximate surface area is 138 Å². The molecule has 1 fully saturated rings. The number of nitrogens with two attached hydrogens (primary N) is 1. The lowest BCUT2D eigenvalue weighted by Crippen LogP contribution is -2.27. The summed E-state index contributed by atoms with van der Waals surface area (Å²) in [5, 5.41) is 0.797. The van der Waals surface area contributed by atoms with Crippen molar-refractivity contribution in [2.24, 2.45) is 5.73 Å². The largest absolute Gasteiger partial charge is 0.497 e. The number of fused-ring (bicyclic) bond motifs is 1. The number of pyridine rings is 1. The number of hydrogen-bond acceptors (Lipinski definition) is 5. The summed E-state index contributed by atoms with van der Waals surface area (Å²) >= 11 is 0. The highest BCUT2D eigenvalue weighted by Crippen LogP contribution is 2.24. The molecule has 0 saturated carbocycles. The molecule has 24 heavy (non-hydrogen) atoms. The number of benzene rings is 1. The minimum absolute atomic E-state index is 0.223. The van der Waals surface area contributed by atoms with E-state index in [-0.39, 0.29) is 12.1 Å². The van der Waals surface area contributed by atoms with Gasteiger partial charge in [0.2, 0.25) is 5.91 Å². The molecule has 0 radical (unpaired) electrons. The van der Waals surface area contributed by atoms with Crippen LogP contribution in [0, 0.1) is 0 Å². The number of carbonyl (C=O) groups excluding carboxylic acids is 1. The number of hydrogen-bond donors (Lipinski definition) is 1. The SMILES string of the molecule is COc1ccc2c(C=CC(N)=O)cc(=O)n(CC3OCCO3)c2c1. The Bertz CT molecular complexity index is 850.